The molecule has 2 aromatic heterocycles. The van der Waals surface area contributed by atoms with Gasteiger partial charge < -0.3 is 9.84 Å². The number of imidazole rings is 1. The van der Waals surface area contributed by atoms with E-state index in [2.05, 4.69) is 52.8 Å². The Morgan fingerprint density at radius 2 is 1.89 bits per heavy atom. The lowest BCUT2D eigenvalue weighted by Crippen LogP contribution is -2.19. The molecule has 0 bridgehead atoms. The maximum Gasteiger partial charge on any atom is 0.340 e. The molecule has 0 radical (unpaired) electrons. The van der Waals surface area contributed by atoms with Crippen molar-refractivity contribution in [3.63, 3.8) is 0 Å². The lowest BCUT2D eigenvalue weighted by molar-refractivity contribution is 0.338. The smallest absolute Gasteiger partial charge is 0.340 e. The van der Waals surface area contributed by atoms with Crippen LogP contribution in [0.2, 0.25) is 0 Å². The van der Waals surface area contributed by atoms with Gasteiger partial charge in [-0.3, -0.25) is 9.38 Å². The summed E-state index contributed by atoms with van der Waals surface area (Å²) in [7, 11) is 0. The molecular weight excluding hydrogens is 546 g/mol. The van der Waals surface area contributed by atoms with Crippen molar-refractivity contribution < 1.29 is 9.84 Å². The van der Waals surface area contributed by atoms with E-state index < -0.39 is 5.69 Å². The standard InChI is InChI=1S/C18H12Br3N3O3/c1-2-27-15-4-3-10(7-11(15)20)23-17(25)14-8-22-16-12(21)5-9(19)6-13(16)24(14)18(23)26/h3-8,25H,2H2,1H3. The van der Waals surface area contributed by atoms with Gasteiger partial charge in [0.05, 0.1) is 28.5 Å². The highest BCUT2D eigenvalue weighted by Gasteiger charge is 2.19. The van der Waals surface area contributed by atoms with E-state index in [4.69, 9.17) is 4.74 Å². The molecule has 27 heavy (non-hydrogen) atoms. The first kappa shape index (κ1) is 18.5. The van der Waals surface area contributed by atoms with E-state index in [9.17, 15) is 9.90 Å². The summed E-state index contributed by atoms with van der Waals surface area (Å²) < 4.78 is 10.4. The van der Waals surface area contributed by atoms with Crippen LogP contribution in [0.25, 0.3) is 22.2 Å². The van der Waals surface area contributed by atoms with Gasteiger partial charge in [0.1, 0.15) is 16.8 Å². The summed E-state index contributed by atoms with van der Waals surface area (Å²) >= 11 is 10.3. The fourth-order valence-corrected chi connectivity index (χ4v) is 4.75. The van der Waals surface area contributed by atoms with Gasteiger partial charge in [-0.25, -0.2) is 9.36 Å². The Bertz CT molecular complexity index is 1260. The summed E-state index contributed by atoms with van der Waals surface area (Å²) in [6, 6.07) is 8.84. The monoisotopic (exact) mass is 555 g/mol. The van der Waals surface area contributed by atoms with Crippen molar-refractivity contribution in [2.24, 2.45) is 0 Å². The van der Waals surface area contributed by atoms with Crippen LogP contribution in [0.4, 0.5) is 0 Å². The molecule has 0 atom stereocenters. The second-order valence-corrected chi connectivity index (χ2v) is 8.35. The SMILES string of the molecule is CCOc1ccc(-n2c(O)c3cnc4c(Br)cc(Br)cc4n3c2=O)cc1Br. The van der Waals surface area contributed by atoms with E-state index in [0.29, 0.717) is 39.1 Å². The number of ether oxygens (including phenoxy) is 1. The molecule has 0 aliphatic heterocycles. The summed E-state index contributed by atoms with van der Waals surface area (Å²) in [4.78, 5) is 17.6. The molecule has 4 aromatic rings. The fourth-order valence-electron chi connectivity index (χ4n) is 2.97. The molecule has 138 valence electrons. The lowest BCUT2D eigenvalue weighted by Gasteiger charge is -2.08. The highest BCUT2D eigenvalue weighted by atomic mass is 79.9. The molecule has 2 aromatic carbocycles. The molecule has 0 fully saturated rings. The second kappa shape index (κ2) is 6.96. The van der Waals surface area contributed by atoms with Gasteiger partial charge >= 0.3 is 5.69 Å². The zero-order valence-corrected chi connectivity index (χ0v) is 18.7. The summed E-state index contributed by atoms with van der Waals surface area (Å²) in [6.45, 7) is 2.42. The molecule has 4 rings (SSSR count). The average molecular weight is 558 g/mol. The van der Waals surface area contributed by atoms with E-state index >= 15 is 0 Å². The molecular formula is C18H12Br3N3O3. The van der Waals surface area contributed by atoms with Gasteiger partial charge in [0.25, 0.3) is 0 Å². The number of nitrogens with zero attached hydrogens (tertiary/aromatic N) is 3. The third-order valence-electron chi connectivity index (χ3n) is 4.10. The Labute approximate surface area is 178 Å². The molecule has 0 spiro atoms. The first-order valence-electron chi connectivity index (χ1n) is 7.95. The summed E-state index contributed by atoms with van der Waals surface area (Å²) in [5.74, 6) is 0.485. The number of rotatable bonds is 3. The number of benzene rings is 2. The van der Waals surface area contributed by atoms with Crippen molar-refractivity contribution in [1.29, 1.82) is 0 Å². The zero-order valence-electron chi connectivity index (χ0n) is 13.9. The van der Waals surface area contributed by atoms with E-state index in [1.165, 1.54) is 15.2 Å². The molecule has 2 heterocycles. The van der Waals surface area contributed by atoms with Gasteiger partial charge in [0.2, 0.25) is 5.88 Å². The normalized spacial score (nSPS) is 11.4. The lowest BCUT2D eigenvalue weighted by atomic mass is 10.3. The Hall–Kier alpha value is -1.84. The fraction of sp³-hybridized carbons (Fsp3) is 0.111. The average Bonchev–Trinajstić information content (AvgIpc) is 2.88. The molecule has 0 amide bonds. The Morgan fingerprint density at radius 3 is 2.59 bits per heavy atom. The molecule has 0 saturated heterocycles. The maximum atomic E-state index is 13.2. The highest BCUT2D eigenvalue weighted by molar-refractivity contribution is 9.11. The molecule has 9 heteroatoms. The van der Waals surface area contributed by atoms with E-state index in [-0.39, 0.29) is 5.88 Å². The number of hydrogen-bond donors (Lipinski definition) is 1. The van der Waals surface area contributed by atoms with Gasteiger partial charge in [-0.05, 0) is 69.1 Å². The third-order valence-corrected chi connectivity index (χ3v) is 5.78. The first-order chi connectivity index (χ1) is 12.9. The van der Waals surface area contributed by atoms with Crippen LogP contribution in [0.1, 0.15) is 6.92 Å². The van der Waals surface area contributed by atoms with Crippen LogP contribution in [0, 0.1) is 0 Å². The molecule has 1 N–H and O–H groups in total. The highest BCUT2D eigenvalue weighted by Crippen LogP contribution is 2.32. The topological polar surface area (TPSA) is 68.8 Å². The van der Waals surface area contributed by atoms with Crippen LogP contribution in [0.3, 0.4) is 0 Å². The number of aromatic nitrogens is 3. The number of halogens is 3. The van der Waals surface area contributed by atoms with Crippen LogP contribution in [0.5, 0.6) is 11.6 Å². The van der Waals surface area contributed by atoms with Crippen LogP contribution >= 0.6 is 47.8 Å². The predicted molar refractivity (Wildman–Crippen MR) is 114 cm³/mol. The molecule has 0 aliphatic carbocycles. The molecule has 0 saturated carbocycles. The van der Waals surface area contributed by atoms with Gasteiger partial charge in [-0.2, -0.15) is 0 Å². The summed E-state index contributed by atoms with van der Waals surface area (Å²) in [5, 5.41) is 10.7. The summed E-state index contributed by atoms with van der Waals surface area (Å²) in [6.07, 6.45) is 1.48. The van der Waals surface area contributed by atoms with Crippen LogP contribution < -0.4 is 10.4 Å². The van der Waals surface area contributed by atoms with E-state index in [1.807, 2.05) is 13.0 Å². The first-order valence-corrected chi connectivity index (χ1v) is 10.3. The minimum atomic E-state index is -0.393. The van der Waals surface area contributed by atoms with Gasteiger partial charge in [-0.1, -0.05) is 15.9 Å². The largest absolute Gasteiger partial charge is 0.493 e. The Balaban J connectivity index is 2.04. The van der Waals surface area contributed by atoms with Gasteiger partial charge in [0.15, 0.2) is 0 Å². The van der Waals surface area contributed by atoms with E-state index in [1.54, 1.807) is 24.3 Å². The molecule has 0 aliphatic rings. The van der Waals surface area contributed by atoms with Crippen molar-refractivity contribution in [1.82, 2.24) is 14.0 Å². The Kier molecular flexibility index (Phi) is 4.77. The van der Waals surface area contributed by atoms with Crippen molar-refractivity contribution >= 4 is 64.3 Å². The Morgan fingerprint density at radius 1 is 1.11 bits per heavy atom. The van der Waals surface area contributed by atoms with Crippen molar-refractivity contribution in [3.8, 4) is 17.3 Å². The van der Waals surface area contributed by atoms with Crippen molar-refractivity contribution in [2.45, 2.75) is 6.92 Å². The van der Waals surface area contributed by atoms with Crippen molar-refractivity contribution in [3.05, 3.63) is 60.4 Å². The third kappa shape index (κ3) is 2.97. The zero-order chi connectivity index (χ0) is 19.3. The number of fused-ring (bicyclic) bond motifs is 3. The van der Waals surface area contributed by atoms with Crippen LogP contribution in [-0.2, 0) is 0 Å². The maximum absolute atomic E-state index is 13.2. The summed E-state index contributed by atoms with van der Waals surface area (Å²) in [5.41, 5.74) is 1.65. The molecule has 6 nitrogen and oxygen atoms in total. The van der Waals surface area contributed by atoms with Crippen LogP contribution in [-0.4, -0.2) is 25.7 Å². The number of aromatic hydroxyl groups is 1. The van der Waals surface area contributed by atoms with E-state index in [0.717, 1.165) is 8.95 Å². The number of hydrogen-bond acceptors (Lipinski definition) is 4. The van der Waals surface area contributed by atoms with Crippen molar-refractivity contribution in [2.75, 3.05) is 6.61 Å². The van der Waals surface area contributed by atoms with Gasteiger partial charge in [0, 0.05) is 8.95 Å². The van der Waals surface area contributed by atoms with Gasteiger partial charge in [-0.15, -0.1) is 0 Å². The minimum absolute atomic E-state index is 0.179. The predicted octanol–water partition coefficient (Wildman–Crippen LogP) is 5.03. The van der Waals surface area contributed by atoms with Crippen LogP contribution in [0.15, 0.2) is 54.7 Å². The quantitative estimate of drug-likeness (QED) is 0.384. The molecule has 0 unspecified atom stereocenters. The second-order valence-electron chi connectivity index (χ2n) is 5.72. The minimum Gasteiger partial charge on any atom is -0.493 e.